The number of hydrogen-bond acceptors (Lipinski definition) is 5. The first-order valence-corrected chi connectivity index (χ1v) is 6.65. The van der Waals surface area contributed by atoms with Gasteiger partial charge in [0.15, 0.2) is 0 Å². The van der Waals surface area contributed by atoms with Crippen LogP contribution in [-0.4, -0.2) is 17.1 Å². The summed E-state index contributed by atoms with van der Waals surface area (Å²) in [6.45, 7) is 0. The first-order valence-electron chi connectivity index (χ1n) is 5.90. The van der Waals surface area contributed by atoms with Gasteiger partial charge in [-0.05, 0) is 30.2 Å². The van der Waals surface area contributed by atoms with E-state index in [0.29, 0.717) is 22.3 Å². The van der Waals surface area contributed by atoms with Crippen LogP contribution >= 0.6 is 23.2 Å². The SMILES string of the molecule is COc1cc(C(Cc2cc(Cl)ccc2Cl)NN)ncn1. The Morgan fingerprint density at radius 3 is 2.80 bits per heavy atom. The minimum Gasteiger partial charge on any atom is -0.481 e. The number of aromatic nitrogens is 2. The molecule has 0 spiro atoms. The molecule has 0 saturated carbocycles. The highest BCUT2D eigenvalue weighted by Gasteiger charge is 2.15. The number of nitrogens with zero attached hydrogens (tertiary/aromatic N) is 2. The van der Waals surface area contributed by atoms with Crippen molar-refractivity contribution in [3.8, 4) is 5.88 Å². The molecule has 106 valence electrons. The molecule has 0 aliphatic heterocycles. The fourth-order valence-electron chi connectivity index (χ4n) is 1.82. The molecule has 0 radical (unpaired) electrons. The minimum atomic E-state index is -0.220. The fourth-order valence-corrected chi connectivity index (χ4v) is 2.21. The zero-order valence-corrected chi connectivity index (χ0v) is 12.3. The van der Waals surface area contributed by atoms with Gasteiger partial charge in [-0.25, -0.2) is 9.97 Å². The third-order valence-corrected chi connectivity index (χ3v) is 3.47. The third-order valence-electron chi connectivity index (χ3n) is 2.86. The lowest BCUT2D eigenvalue weighted by molar-refractivity contribution is 0.393. The lowest BCUT2D eigenvalue weighted by Gasteiger charge is -2.16. The van der Waals surface area contributed by atoms with Crippen molar-refractivity contribution < 1.29 is 4.74 Å². The van der Waals surface area contributed by atoms with E-state index in [0.717, 1.165) is 11.3 Å². The molecular formula is C13H14Cl2N4O. The highest BCUT2D eigenvalue weighted by Crippen LogP contribution is 2.26. The van der Waals surface area contributed by atoms with Gasteiger partial charge >= 0.3 is 0 Å². The van der Waals surface area contributed by atoms with Crippen molar-refractivity contribution in [1.82, 2.24) is 15.4 Å². The Morgan fingerprint density at radius 1 is 1.30 bits per heavy atom. The molecule has 1 heterocycles. The molecule has 0 amide bonds. The Morgan fingerprint density at radius 2 is 2.10 bits per heavy atom. The molecule has 20 heavy (non-hydrogen) atoms. The van der Waals surface area contributed by atoms with Gasteiger partial charge in [0.05, 0.1) is 18.8 Å². The largest absolute Gasteiger partial charge is 0.481 e. The van der Waals surface area contributed by atoms with Crippen molar-refractivity contribution in [2.45, 2.75) is 12.5 Å². The standard InChI is InChI=1S/C13H14Cl2N4O/c1-20-13-6-11(17-7-18-13)12(19-16)5-8-4-9(14)2-3-10(8)15/h2-4,6-7,12,19H,5,16H2,1H3. The summed E-state index contributed by atoms with van der Waals surface area (Å²) in [7, 11) is 1.55. The summed E-state index contributed by atoms with van der Waals surface area (Å²) in [6.07, 6.45) is 1.98. The molecule has 0 bridgehead atoms. The van der Waals surface area contributed by atoms with E-state index >= 15 is 0 Å². The van der Waals surface area contributed by atoms with Crippen LogP contribution in [0, 0.1) is 0 Å². The average Bonchev–Trinajstić information content (AvgIpc) is 2.48. The van der Waals surface area contributed by atoms with Crippen LogP contribution in [0.15, 0.2) is 30.6 Å². The molecule has 3 N–H and O–H groups in total. The summed E-state index contributed by atoms with van der Waals surface area (Å²) >= 11 is 12.1. The Kier molecular flexibility index (Phi) is 5.14. The van der Waals surface area contributed by atoms with Gasteiger partial charge < -0.3 is 4.74 Å². The molecule has 5 nitrogen and oxygen atoms in total. The lowest BCUT2D eigenvalue weighted by atomic mass is 10.0. The molecular weight excluding hydrogens is 299 g/mol. The number of nitrogens with one attached hydrogen (secondary N) is 1. The molecule has 2 rings (SSSR count). The topological polar surface area (TPSA) is 73.1 Å². The Bertz CT molecular complexity index is 594. The Hall–Kier alpha value is -1.40. The summed E-state index contributed by atoms with van der Waals surface area (Å²) in [6, 6.07) is 6.82. The predicted molar refractivity (Wildman–Crippen MR) is 78.8 cm³/mol. The number of hydrazine groups is 1. The first-order chi connectivity index (χ1) is 9.63. The summed E-state index contributed by atoms with van der Waals surface area (Å²) in [5.41, 5.74) is 4.32. The quantitative estimate of drug-likeness (QED) is 0.655. The summed E-state index contributed by atoms with van der Waals surface area (Å²) in [5.74, 6) is 6.08. The molecule has 2 aromatic rings. The van der Waals surface area contributed by atoms with Gasteiger partial charge in [-0.15, -0.1) is 0 Å². The number of nitrogens with two attached hydrogens (primary N) is 1. The summed E-state index contributed by atoms with van der Waals surface area (Å²) in [5, 5.41) is 1.26. The van der Waals surface area contributed by atoms with Gasteiger partial charge in [-0.2, -0.15) is 0 Å². The molecule has 1 aromatic carbocycles. The van der Waals surface area contributed by atoms with Crippen molar-refractivity contribution in [1.29, 1.82) is 0 Å². The van der Waals surface area contributed by atoms with Crippen LogP contribution < -0.4 is 16.0 Å². The smallest absolute Gasteiger partial charge is 0.216 e. The van der Waals surface area contributed by atoms with E-state index in [2.05, 4.69) is 15.4 Å². The summed E-state index contributed by atoms with van der Waals surface area (Å²) < 4.78 is 5.08. The van der Waals surface area contributed by atoms with Crippen molar-refractivity contribution in [2.75, 3.05) is 7.11 Å². The monoisotopic (exact) mass is 312 g/mol. The second kappa shape index (κ2) is 6.85. The molecule has 0 saturated heterocycles. The predicted octanol–water partition coefficient (Wildman–Crippen LogP) is 2.54. The van der Waals surface area contributed by atoms with E-state index in [-0.39, 0.29) is 6.04 Å². The highest BCUT2D eigenvalue weighted by atomic mass is 35.5. The van der Waals surface area contributed by atoms with Crippen LogP contribution in [0.1, 0.15) is 17.3 Å². The number of ether oxygens (including phenoxy) is 1. The third kappa shape index (κ3) is 3.58. The second-order valence-electron chi connectivity index (χ2n) is 4.14. The zero-order valence-electron chi connectivity index (χ0n) is 10.8. The van der Waals surface area contributed by atoms with Crippen LogP contribution in [0.25, 0.3) is 0 Å². The number of benzene rings is 1. The lowest BCUT2D eigenvalue weighted by Crippen LogP contribution is -2.30. The van der Waals surface area contributed by atoms with Gasteiger partial charge in [-0.3, -0.25) is 11.3 Å². The molecule has 0 aliphatic rings. The summed E-state index contributed by atoms with van der Waals surface area (Å²) in [4.78, 5) is 8.16. The first kappa shape index (κ1) is 15.0. The minimum absolute atomic E-state index is 0.220. The number of halogens is 2. The average molecular weight is 313 g/mol. The van der Waals surface area contributed by atoms with E-state index in [4.69, 9.17) is 33.8 Å². The molecule has 1 aromatic heterocycles. The van der Waals surface area contributed by atoms with Crippen LogP contribution in [0.3, 0.4) is 0 Å². The Labute approximate surface area is 127 Å². The van der Waals surface area contributed by atoms with E-state index in [1.165, 1.54) is 6.33 Å². The maximum Gasteiger partial charge on any atom is 0.216 e. The maximum atomic E-state index is 6.16. The van der Waals surface area contributed by atoms with Crippen molar-refractivity contribution in [2.24, 2.45) is 5.84 Å². The van der Waals surface area contributed by atoms with Crippen LogP contribution in [0.4, 0.5) is 0 Å². The normalized spacial score (nSPS) is 12.2. The number of rotatable bonds is 5. The molecule has 0 aliphatic carbocycles. The highest BCUT2D eigenvalue weighted by molar-refractivity contribution is 6.33. The number of hydrogen-bond donors (Lipinski definition) is 2. The van der Waals surface area contributed by atoms with Gasteiger partial charge in [0.2, 0.25) is 5.88 Å². The molecule has 0 fully saturated rings. The molecule has 1 unspecified atom stereocenters. The van der Waals surface area contributed by atoms with Crippen LogP contribution in [-0.2, 0) is 6.42 Å². The van der Waals surface area contributed by atoms with Gasteiger partial charge in [-0.1, -0.05) is 23.2 Å². The Balaban J connectivity index is 2.26. The van der Waals surface area contributed by atoms with Crippen LogP contribution in [0.2, 0.25) is 10.0 Å². The maximum absolute atomic E-state index is 6.16. The fraction of sp³-hybridized carbons (Fsp3) is 0.231. The molecule has 7 heteroatoms. The second-order valence-corrected chi connectivity index (χ2v) is 4.99. The van der Waals surface area contributed by atoms with Crippen LogP contribution in [0.5, 0.6) is 5.88 Å². The van der Waals surface area contributed by atoms with Crippen molar-refractivity contribution in [3.63, 3.8) is 0 Å². The van der Waals surface area contributed by atoms with Gasteiger partial charge in [0.25, 0.3) is 0 Å². The van der Waals surface area contributed by atoms with E-state index in [1.54, 1.807) is 25.3 Å². The van der Waals surface area contributed by atoms with Crippen molar-refractivity contribution >= 4 is 23.2 Å². The van der Waals surface area contributed by atoms with E-state index in [1.807, 2.05) is 6.07 Å². The molecule has 1 atom stereocenters. The van der Waals surface area contributed by atoms with Gasteiger partial charge in [0.1, 0.15) is 6.33 Å². The van der Waals surface area contributed by atoms with E-state index in [9.17, 15) is 0 Å². The number of methoxy groups -OCH3 is 1. The van der Waals surface area contributed by atoms with Crippen molar-refractivity contribution in [3.05, 3.63) is 51.9 Å². The zero-order chi connectivity index (χ0) is 14.5. The van der Waals surface area contributed by atoms with E-state index < -0.39 is 0 Å². The van der Waals surface area contributed by atoms with Gasteiger partial charge in [0, 0.05) is 16.1 Å².